The standard InChI is InChI=1S/C25H26N4O2/c1-4-31-20-11-9-18(10-12-20)24-23-21(27-25-26-16(3)28-29(24)25)13-19(14-22(23)30)17-7-5-15(2)6-8-17/h5-12,19,24H,4,13-14H2,1-3H3,(H,26,27,28)/t19-,24-/m1/s1. The van der Waals surface area contributed by atoms with Crippen molar-refractivity contribution in [3.05, 3.63) is 82.3 Å². The maximum Gasteiger partial charge on any atom is 0.226 e. The molecule has 2 aromatic carbocycles. The van der Waals surface area contributed by atoms with Crippen LogP contribution in [0.1, 0.15) is 54.2 Å². The van der Waals surface area contributed by atoms with Crippen LogP contribution in [0, 0.1) is 13.8 Å². The molecule has 0 saturated carbocycles. The number of carbonyl (C=O) groups is 1. The smallest absolute Gasteiger partial charge is 0.226 e. The zero-order valence-corrected chi connectivity index (χ0v) is 18.1. The molecule has 0 amide bonds. The van der Waals surface area contributed by atoms with Crippen molar-refractivity contribution in [2.75, 3.05) is 11.9 Å². The lowest BCUT2D eigenvalue weighted by Crippen LogP contribution is -2.33. The number of ether oxygens (including phenoxy) is 1. The lowest BCUT2D eigenvalue weighted by Gasteiger charge is -2.35. The number of ketones is 1. The molecule has 31 heavy (non-hydrogen) atoms. The van der Waals surface area contributed by atoms with Gasteiger partial charge in [-0.15, -0.1) is 0 Å². The highest BCUT2D eigenvalue weighted by Gasteiger charge is 2.39. The van der Waals surface area contributed by atoms with Gasteiger partial charge in [0.2, 0.25) is 5.95 Å². The van der Waals surface area contributed by atoms with Gasteiger partial charge in [0.15, 0.2) is 5.78 Å². The van der Waals surface area contributed by atoms with E-state index in [0.29, 0.717) is 24.8 Å². The second-order valence-electron chi connectivity index (χ2n) is 8.29. The first-order valence-electron chi connectivity index (χ1n) is 10.8. The number of Topliss-reactive ketones (excluding diaryl/α,β-unsaturated/α-hetero) is 1. The van der Waals surface area contributed by atoms with E-state index in [-0.39, 0.29) is 17.7 Å². The second kappa shape index (κ2) is 7.69. The first-order chi connectivity index (χ1) is 15.0. The maximum atomic E-state index is 13.5. The summed E-state index contributed by atoms with van der Waals surface area (Å²) in [6, 6.07) is 16.2. The fourth-order valence-electron chi connectivity index (χ4n) is 4.61. The van der Waals surface area contributed by atoms with Gasteiger partial charge in [-0.2, -0.15) is 10.1 Å². The summed E-state index contributed by atoms with van der Waals surface area (Å²) in [5, 5.41) is 8.02. The van der Waals surface area contributed by atoms with Crippen molar-refractivity contribution in [1.82, 2.24) is 14.8 Å². The number of nitrogens with one attached hydrogen (secondary N) is 1. The maximum absolute atomic E-state index is 13.5. The summed E-state index contributed by atoms with van der Waals surface area (Å²) in [5.74, 6) is 2.51. The summed E-state index contributed by atoms with van der Waals surface area (Å²) >= 11 is 0. The van der Waals surface area contributed by atoms with Crippen LogP contribution < -0.4 is 10.1 Å². The van der Waals surface area contributed by atoms with E-state index in [0.717, 1.165) is 29.0 Å². The molecule has 0 unspecified atom stereocenters. The normalized spacial score (nSPS) is 20.2. The van der Waals surface area contributed by atoms with E-state index in [1.54, 1.807) is 0 Å². The van der Waals surface area contributed by atoms with Gasteiger partial charge in [0.1, 0.15) is 17.6 Å². The number of benzene rings is 2. The highest BCUT2D eigenvalue weighted by Crippen LogP contribution is 2.44. The molecule has 0 fully saturated rings. The Bertz CT molecular complexity index is 1160. The molecule has 1 aliphatic carbocycles. The van der Waals surface area contributed by atoms with E-state index >= 15 is 0 Å². The first kappa shape index (κ1) is 19.5. The minimum absolute atomic E-state index is 0.163. The molecule has 0 saturated heterocycles. The van der Waals surface area contributed by atoms with Crippen LogP contribution in [0.4, 0.5) is 5.95 Å². The Hall–Kier alpha value is -3.41. The number of aromatic nitrogens is 3. The van der Waals surface area contributed by atoms with Gasteiger partial charge < -0.3 is 10.1 Å². The minimum atomic E-state index is -0.283. The number of nitrogens with zero attached hydrogens (tertiary/aromatic N) is 3. The molecule has 0 radical (unpaired) electrons. The molecule has 2 aliphatic rings. The Morgan fingerprint density at radius 2 is 1.74 bits per heavy atom. The zero-order chi connectivity index (χ0) is 21.5. The predicted molar refractivity (Wildman–Crippen MR) is 119 cm³/mol. The van der Waals surface area contributed by atoms with Crippen molar-refractivity contribution in [2.24, 2.45) is 0 Å². The highest BCUT2D eigenvalue weighted by atomic mass is 16.5. The average molecular weight is 415 g/mol. The van der Waals surface area contributed by atoms with E-state index in [4.69, 9.17) is 4.74 Å². The number of hydrogen-bond donors (Lipinski definition) is 1. The van der Waals surface area contributed by atoms with Crippen LogP contribution in [0.15, 0.2) is 59.8 Å². The van der Waals surface area contributed by atoms with Crippen LogP contribution in [0.3, 0.4) is 0 Å². The summed E-state index contributed by atoms with van der Waals surface area (Å²) in [7, 11) is 0. The molecule has 2 atom stereocenters. The molecular weight excluding hydrogens is 388 g/mol. The fraction of sp³-hybridized carbons (Fsp3) is 0.320. The molecule has 3 aromatic rings. The van der Waals surface area contributed by atoms with Crippen LogP contribution in [0.25, 0.3) is 0 Å². The third-order valence-electron chi connectivity index (χ3n) is 6.08. The van der Waals surface area contributed by atoms with Crippen molar-refractivity contribution in [2.45, 2.75) is 45.6 Å². The lowest BCUT2D eigenvalue weighted by atomic mass is 9.78. The number of anilines is 1. The molecule has 1 N–H and O–H groups in total. The summed E-state index contributed by atoms with van der Waals surface area (Å²) in [5.41, 5.74) is 5.19. The molecule has 2 heterocycles. The average Bonchev–Trinajstić information content (AvgIpc) is 3.13. The monoisotopic (exact) mass is 414 g/mol. The highest BCUT2D eigenvalue weighted by molar-refractivity contribution is 6.00. The molecule has 6 heteroatoms. The number of fused-ring (bicyclic) bond motifs is 1. The van der Waals surface area contributed by atoms with Crippen molar-refractivity contribution < 1.29 is 9.53 Å². The van der Waals surface area contributed by atoms with E-state index in [1.165, 1.54) is 11.1 Å². The number of aryl methyl sites for hydroxylation is 2. The van der Waals surface area contributed by atoms with E-state index in [1.807, 2.05) is 42.8 Å². The van der Waals surface area contributed by atoms with Crippen LogP contribution in [-0.4, -0.2) is 27.2 Å². The number of rotatable bonds is 4. The van der Waals surface area contributed by atoms with Gasteiger partial charge >= 0.3 is 0 Å². The lowest BCUT2D eigenvalue weighted by molar-refractivity contribution is -0.116. The van der Waals surface area contributed by atoms with Crippen molar-refractivity contribution in [1.29, 1.82) is 0 Å². The second-order valence-corrected chi connectivity index (χ2v) is 8.29. The van der Waals surface area contributed by atoms with E-state index in [9.17, 15) is 4.79 Å². The van der Waals surface area contributed by atoms with Gasteiger partial charge in [-0.05, 0) is 56.4 Å². The van der Waals surface area contributed by atoms with Crippen molar-refractivity contribution >= 4 is 11.7 Å². The quantitative estimate of drug-likeness (QED) is 0.670. The van der Waals surface area contributed by atoms with Crippen LogP contribution in [0.2, 0.25) is 0 Å². The Balaban J connectivity index is 1.56. The number of carbonyl (C=O) groups excluding carboxylic acids is 1. The first-order valence-corrected chi connectivity index (χ1v) is 10.8. The fourth-order valence-corrected chi connectivity index (χ4v) is 4.61. The summed E-state index contributed by atoms with van der Waals surface area (Å²) in [4.78, 5) is 18.0. The Morgan fingerprint density at radius 3 is 2.45 bits per heavy atom. The molecule has 5 rings (SSSR count). The molecule has 0 spiro atoms. The molecule has 1 aliphatic heterocycles. The third-order valence-corrected chi connectivity index (χ3v) is 6.08. The van der Waals surface area contributed by atoms with E-state index in [2.05, 4.69) is 46.6 Å². The molecule has 0 bridgehead atoms. The van der Waals surface area contributed by atoms with Gasteiger partial charge in [0.25, 0.3) is 0 Å². The topological polar surface area (TPSA) is 69.0 Å². The van der Waals surface area contributed by atoms with Crippen molar-refractivity contribution in [3.63, 3.8) is 0 Å². The van der Waals surface area contributed by atoms with E-state index < -0.39 is 0 Å². The largest absolute Gasteiger partial charge is 0.494 e. The van der Waals surface area contributed by atoms with Gasteiger partial charge in [-0.25, -0.2) is 4.68 Å². The summed E-state index contributed by atoms with van der Waals surface area (Å²) in [6.45, 7) is 6.54. The van der Waals surface area contributed by atoms with Crippen molar-refractivity contribution in [3.8, 4) is 5.75 Å². The number of hydrogen-bond acceptors (Lipinski definition) is 5. The van der Waals surface area contributed by atoms with Crippen LogP contribution in [-0.2, 0) is 4.79 Å². The molecule has 6 nitrogen and oxygen atoms in total. The SMILES string of the molecule is CCOc1ccc([C@@H]2C3=C(C[C@@H](c4ccc(C)cc4)CC3=O)Nc3nc(C)nn32)cc1. The zero-order valence-electron chi connectivity index (χ0n) is 18.1. The molecule has 158 valence electrons. The summed E-state index contributed by atoms with van der Waals surface area (Å²) < 4.78 is 7.44. The van der Waals surface area contributed by atoms with Gasteiger partial charge in [0, 0.05) is 17.7 Å². The van der Waals surface area contributed by atoms with Gasteiger partial charge in [0.05, 0.1) is 6.61 Å². The number of allylic oxidation sites excluding steroid dienone is 2. The molecular formula is C25H26N4O2. The molecule has 1 aromatic heterocycles. The van der Waals surface area contributed by atoms with Gasteiger partial charge in [-0.1, -0.05) is 42.0 Å². The summed E-state index contributed by atoms with van der Waals surface area (Å²) in [6.07, 6.45) is 1.28. The Kier molecular flexibility index (Phi) is 4.85. The predicted octanol–water partition coefficient (Wildman–Crippen LogP) is 4.71. The Morgan fingerprint density at radius 1 is 1.03 bits per heavy atom. The Labute approximate surface area is 182 Å². The third kappa shape index (κ3) is 3.52. The van der Waals surface area contributed by atoms with Crippen LogP contribution in [0.5, 0.6) is 5.75 Å². The van der Waals surface area contributed by atoms with Gasteiger partial charge in [-0.3, -0.25) is 4.79 Å². The van der Waals surface area contributed by atoms with Crippen LogP contribution >= 0.6 is 0 Å². The minimum Gasteiger partial charge on any atom is -0.494 e.